The van der Waals surface area contributed by atoms with Gasteiger partial charge in [-0.25, -0.2) is 0 Å². The molecule has 3 fully saturated rings. The van der Waals surface area contributed by atoms with Gasteiger partial charge in [0.25, 0.3) is 0 Å². The molecule has 0 radical (unpaired) electrons. The Morgan fingerprint density at radius 3 is 2.50 bits per heavy atom. The van der Waals surface area contributed by atoms with Crippen LogP contribution in [0.15, 0.2) is 23.5 Å². The first-order valence-electron chi connectivity index (χ1n) is 13.7. The van der Waals surface area contributed by atoms with Crippen molar-refractivity contribution in [1.29, 1.82) is 0 Å². The summed E-state index contributed by atoms with van der Waals surface area (Å²) >= 11 is 0. The van der Waals surface area contributed by atoms with Gasteiger partial charge in [-0.05, 0) is 75.4 Å². The maximum absolute atomic E-state index is 13.8. The monoisotopic (exact) mass is 506 g/mol. The fraction of sp³-hybridized carbons (Fsp3) is 0.828. The van der Waals surface area contributed by atoms with Gasteiger partial charge in [0.1, 0.15) is 11.9 Å². The number of aliphatic hydroxyl groups is 2. The van der Waals surface area contributed by atoms with E-state index in [4.69, 9.17) is 24.1 Å². The Kier molecular flexibility index (Phi) is 7.82. The number of carbonyl (C=O) groups excluding carboxylic acids is 1. The van der Waals surface area contributed by atoms with E-state index in [2.05, 4.69) is 27.4 Å². The molecule has 0 aromatic rings. The minimum atomic E-state index is -0.885. The van der Waals surface area contributed by atoms with Gasteiger partial charge < -0.3 is 29.2 Å². The van der Waals surface area contributed by atoms with E-state index in [0.29, 0.717) is 12.2 Å². The second kappa shape index (κ2) is 10.1. The Morgan fingerprint density at radius 1 is 1.14 bits per heavy atom. The number of allylic oxidation sites excluding steroid dienone is 2. The van der Waals surface area contributed by atoms with Crippen LogP contribution in [0.1, 0.15) is 73.6 Å². The van der Waals surface area contributed by atoms with E-state index in [1.807, 2.05) is 20.8 Å². The van der Waals surface area contributed by atoms with Crippen molar-refractivity contribution in [3.63, 3.8) is 0 Å². The van der Waals surface area contributed by atoms with Crippen molar-refractivity contribution in [2.24, 2.45) is 35.0 Å². The molecular weight excluding hydrogens is 460 g/mol. The first kappa shape index (κ1) is 27.8. The van der Waals surface area contributed by atoms with Gasteiger partial charge >= 0.3 is 0 Å². The maximum Gasteiger partial charge on any atom is 0.199 e. The van der Waals surface area contributed by atoms with Crippen molar-refractivity contribution in [1.82, 2.24) is 0 Å². The van der Waals surface area contributed by atoms with Crippen molar-refractivity contribution >= 4 is 5.78 Å². The average molecular weight is 507 g/mol. The molecule has 0 aromatic heterocycles. The molecule has 0 spiro atoms. The van der Waals surface area contributed by atoms with E-state index in [0.717, 1.165) is 45.0 Å². The summed E-state index contributed by atoms with van der Waals surface area (Å²) in [7, 11) is 1.00. The highest BCUT2D eigenvalue weighted by Crippen LogP contribution is 2.63. The van der Waals surface area contributed by atoms with E-state index < -0.39 is 23.4 Å². The zero-order valence-corrected chi connectivity index (χ0v) is 23.1. The Labute approximate surface area is 216 Å². The summed E-state index contributed by atoms with van der Waals surface area (Å²) in [4.78, 5) is 13.8. The number of ether oxygens (including phenoxy) is 4. The fourth-order valence-electron chi connectivity index (χ4n) is 8.09. The summed E-state index contributed by atoms with van der Waals surface area (Å²) in [5, 5.41) is 19.1. The maximum atomic E-state index is 13.8. The molecular formula is C29H46O7. The zero-order valence-electron chi connectivity index (χ0n) is 23.1. The average Bonchev–Trinajstić information content (AvgIpc) is 2.98. The highest BCUT2D eigenvalue weighted by Gasteiger charge is 2.72. The van der Waals surface area contributed by atoms with E-state index in [9.17, 15) is 9.90 Å². The molecule has 2 saturated carbocycles. The lowest BCUT2D eigenvalue weighted by Crippen LogP contribution is -2.68. The minimum absolute atomic E-state index is 0.00529. The minimum Gasteiger partial charge on any atom is -0.469 e. The molecule has 2 N–H and O–H groups in total. The topological polar surface area (TPSA) is 94.5 Å². The summed E-state index contributed by atoms with van der Waals surface area (Å²) in [5.41, 5.74) is 1.11. The lowest BCUT2D eigenvalue weighted by molar-refractivity contribution is -0.369. The lowest BCUT2D eigenvalue weighted by atomic mass is 9.58. The zero-order chi connectivity index (χ0) is 26.6. The molecule has 2 bridgehead atoms. The van der Waals surface area contributed by atoms with Crippen LogP contribution in [-0.2, 0) is 23.7 Å². The highest BCUT2D eigenvalue weighted by molar-refractivity contribution is 6.04. The second-order valence-electron chi connectivity index (χ2n) is 11.9. The van der Waals surface area contributed by atoms with E-state index in [1.54, 1.807) is 0 Å². The molecule has 3 aliphatic carbocycles. The van der Waals surface area contributed by atoms with Crippen molar-refractivity contribution in [3.05, 3.63) is 23.5 Å². The van der Waals surface area contributed by atoms with Crippen LogP contribution in [-0.4, -0.2) is 60.1 Å². The summed E-state index contributed by atoms with van der Waals surface area (Å²) in [6.45, 7) is 17.1. The predicted molar refractivity (Wildman–Crippen MR) is 136 cm³/mol. The SMILES string of the molecule is C=C1C(=O)C23C(C)CCC1C2OC(C)(C)OC3C(O)C1C(C)CC2=C(OC(OCC)CC2)C1C.CO. The fourth-order valence-corrected chi connectivity index (χ4v) is 8.09. The third-order valence-corrected chi connectivity index (χ3v) is 9.55. The van der Waals surface area contributed by atoms with Crippen molar-refractivity contribution in [2.75, 3.05) is 13.7 Å². The summed E-state index contributed by atoms with van der Waals surface area (Å²) < 4.78 is 25.1. The van der Waals surface area contributed by atoms with Gasteiger partial charge in [-0.15, -0.1) is 0 Å². The van der Waals surface area contributed by atoms with Gasteiger partial charge in [0.05, 0.1) is 17.6 Å². The van der Waals surface area contributed by atoms with Gasteiger partial charge in [-0.3, -0.25) is 4.79 Å². The van der Waals surface area contributed by atoms with Gasteiger partial charge in [-0.1, -0.05) is 27.4 Å². The third kappa shape index (κ3) is 4.10. The van der Waals surface area contributed by atoms with Crippen molar-refractivity contribution in [2.45, 2.75) is 104 Å². The van der Waals surface area contributed by atoms with Crippen LogP contribution in [0.5, 0.6) is 0 Å². The van der Waals surface area contributed by atoms with E-state index in [-0.39, 0.29) is 47.8 Å². The van der Waals surface area contributed by atoms with Gasteiger partial charge in [-0.2, -0.15) is 0 Å². The molecule has 0 aromatic carbocycles. The number of Topliss-reactive ketones (excluding diaryl/α,β-unsaturated/α-hetero) is 1. The Bertz CT molecular complexity index is 894. The smallest absolute Gasteiger partial charge is 0.199 e. The van der Waals surface area contributed by atoms with Crippen LogP contribution < -0.4 is 0 Å². The molecule has 5 rings (SSSR count). The number of hydrogen-bond acceptors (Lipinski definition) is 7. The van der Waals surface area contributed by atoms with Crippen LogP contribution in [0.3, 0.4) is 0 Å². The van der Waals surface area contributed by atoms with Gasteiger partial charge in [0.2, 0.25) is 0 Å². The van der Waals surface area contributed by atoms with E-state index in [1.165, 1.54) is 5.57 Å². The molecule has 2 aliphatic heterocycles. The first-order valence-corrected chi connectivity index (χ1v) is 13.7. The number of aliphatic hydroxyl groups excluding tert-OH is 2. The number of hydrogen-bond donors (Lipinski definition) is 2. The van der Waals surface area contributed by atoms with Crippen LogP contribution in [0, 0.1) is 35.0 Å². The molecule has 10 unspecified atom stereocenters. The molecule has 7 heteroatoms. The Morgan fingerprint density at radius 2 is 1.83 bits per heavy atom. The molecule has 1 saturated heterocycles. The summed E-state index contributed by atoms with van der Waals surface area (Å²) in [6, 6.07) is 0. The number of rotatable bonds is 4. The van der Waals surface area contributed by atoms with Gasteiger partial charge in [0, 0.05) is 32.0 Å². The highest BCUT2D eigenvalue weighted by atomic mass is 16.7. The third-order valence-electron chi connectivity index (χ3n) is 9.55. The molecule has 10 atom stereocenters. The Hall–Kier alpha value is -1.25. The second-order valence-corrected chi connectivity index (χ2v) is 11.9. The van der Waals surface area contributed by atoms with Gasteiger partial charge in [0.15, 0.2) is 17.9 Å². The van der Waals surface area contributed by atoms with Crippen molar-refractivity contribution < 1.29 is 34.0 Å². The van der Waals surface area contributed by atoms with Crippen LogP contribution in [0.2, 0.25) is 0 Å². The summed E-state index contributed by atoms with van der Waals surface area (Å²) in [6.07, 6.45) is 2.56. The largest absolute Gasteiger partial charge is 0.469 e. The lowest BCUT2D eigenvalue weighted by Gasteiger charge is -2.58. The standard InChI is InChI=1S/C28H42O6.CH4O/c1-8-31-20-12-10-18-13-14(2)21(17(5)23(18)32-20)22(29)26-28-15(3)9-11-19(16(4)24(28)30)25(28)33-27(6,7)34-26;1-2/h14-15,17,19-22,25-26,29H,4,8-13H2,1-3,5-7H3;2H,1H3. The first-order chi connectivity index (χ1) is 17.0. The molecule has 204 valence electrons. The molecule has 5 aliphatic rings. The Balaban J connectivity index is 0.00000148. The van der Waals surface area contributed by atoms with E-state index >= 15 is 0 Å². The normalized spacial score (nSPS) is 44.1. The quantitative estimate of drug-likeness (QED) is 0.547. The van der Waals surface area contributed by atoms with Crippen molar-refractivity contribution in [3.8, 4) is 0 Å². The summed E-state index contributed by atoms with van der Waals surface area (Å²) in [5.74, 6) is 0.344. The molecule has 0 amide bonds. The predicted octanol–water partition coefficient (Wildman–Crippen LogP) is 4.37. The molecule has 36 heavy (non-hydrogen) atoms. The van der Waals surface area contributed by atoms with Crippen LogP contribution >= 0.6 is 0 Å². The van der Waals surface area contributed by atoms with Crippen LogP contribution in [0.25, 0.3) is 0 Å². The molecule has 7 nitrogen and oxygen atoms in total. The molecule has 2 heterocycles. The number of carbonyl (C=O) groups is 1. The van der Waals surface area contributed by atoms with Crippen LogP contribution in [0.4, 0.5) is 0 Å². The number of ketones is 1.